The summed E-state index contributed by atoms with van der Waals surface area (Å²) in [5.41, 5.74) is 1.22. The van der Waals surface area contributed by atoms with E-state index in [1.54, 1.807) is 0 Å². The number of fused-ring (bicyclic) bond motifs is 5. The first-order valence-electron chi connectivity index (χ1n) is 12.8. The molecular formula is C30H35BrO3Si. The summed E-state index contributed by atoms with van der Waals surface area (Å²) in [5.74, 6) is 0.876. The maximum atomic E-state index is 11.3. The summed E-state index contributed by atoms with van der Waals surface area (Å²) in [6.07, 6.45) is 8.79. The van der Waals surface area contributed by atoms with E-state index in [9.17, 15) is 4.79 Å². The third-order valence-electron chi connectivity index (χ3n) is 8.10. The van der Waals surface area contributed by atoms with E-state index in [1.807, 2.05) is 0 Å². The summed E-state index contributed by atoms with van der Waals surface area (Å²) in [7, 11) is -2.77. The number of allylic oxidation sites excluding steroid dienone is 2. The van der Waals surface area contributed by atoms with Gasteiger partial charge in [0.05, 0.1) is 12.2 Å². The van der Waals surface area contributed by atoms with Crippen LogP contribution in [-0.4, -0.2) is 32.9 Å². The van der Waals surface area contributed by atoms with E-state index in [0.717, 1.165) is 30.0 Å². The Kier molecular flexibility index (Phi) is 7.06. The highest BCUT2D eigenvalue weighted by Crippen LogP contribution is 2.53. The van der Waals surface area contributed by atoms with E-state index in [0.29, 0.717) is 18.3 Å². The number of carbonyl (C=O) groups excluding carboxylic acids is 1. The molecule has 2 aliphatic heterocycles. The summed E-state index contributed by atoms with van der Waals surface area (Å²) in [6, 6.07) is 21.6. The molecule has 35 heavy (non-hydrogen) atoms. The van der Waals surface area contributed by atoms with Crippen LogP contribution in [0.25, 0.3) is 0 Å². The van der Waals surface area contributed by atoms with Gasteiger partial charge < -0.3 is 14.0 Å². The van der Waals surface area contributed by atoms with Gasteiger partial charge in [-0.15, -0.1) is 0 Å². The van der Waals surface area contributed by atoms with Crippen LogP contribution >= 0.6 is 15.9 Å². The lowest BCUT2D eigenvalue weighted by atomic mass is 9.78. The molecule has 0 unspecified atom stereocenters. The third-order valence-corrected chi connectivity index (χ3v) is 14.1. The summed E-state index contributed by atoms with van der Waals surface area (Å²) >= 11 is 4.03. The van der Waals surface area contributed by atoms with Crippen molar-refractivity contribution < 1.29 is 14.0 Å². The molecule has 1 aliphatic carbocycles. The van der Waals surface area contributed by atoms with Gasteiger partial charge in [0.1, 0.15) is 12.4 Å². The average Bonchev–Trinajstić information content (AvgIpc) is 3.21. The van der Waals surface area contributed by atoms with Crippen LogP contribution in [0.15, 0.2) is 82.9 Å². The Bertz CT molecular complexity index is 1070. The predicted octanol–water partition coefficient (Wildman–Crippen LogP) is 5.92. The maximum absolute atomic E-state index is 11.3. The van der Waals surface area contributed by atoms with Gasteiger partial charge in [-0.1, -0.05) is 110 Å². The Labute approximate surface area is 218 Å². The van der Waals surface area contributed by atoms with Gasteiger partial charge in [0.2, 0.25) is 0 Å². The number of hydrogen-bond donors (Lipinski definition) is 0. The monoisotopic (exact) mass is 550 g/mol. The smallest absolute Gasteiger partial charge is 0.262 e. The fourth-order valence-electron chi connectivity index (χ4n) is 6.53. The van der Waals surface area contributed by atoms with Gasteiger partial charge in [-0.25, -0.2) is 0 Å². The number of ether oxygens (including phenoxy) is 1. The Morgan fingerprint density at radius 2 is 1.54 bits per heavy atom. The molecule has 5 atom stereocenters. The zero-order valence-electron chi connectivity index (χ0n) is 20.8. The SMILES string of the molecule is CC(C)(C)[Si](O[C@@H]1C(Br)=C(CCC=O)[C@@H]2O[C@H]1[C@H]1CC=CC[C@H]12)(c1ccccc1)c1ccccc1. The van der Waals surface area contributed by atoms with E-state index >= 15 is 0 Å². The molecular weight excluding hydrogens is 516 g/mol. The fraction of sp³-hybridized carbons (Fsp3) is 0.433. The minimum absolute atomic E-state index is 0.00551. The molecule has 1 fully saturated rings. The van der Waals surface area contributed by atoms with E-state index in [-0.39, 0.29) is 23.4 Å². The topological polar surface area (TPSA) is 35.5 Å². The maximum Gasteiger partial charge on any atom is 0.262 e. The van der Waals surface area contributed by atoms with Gasteiger partial charge in [0.15, 0.2) is 0 Å². The van der Waals surface area contributed by atoms with Crippen molar-refractivity contribution in [1.29, 1.82) is 0 Å². The largest absolute Gasteiger partial charge is 0.397 e. The van der Waals surface area contributed by atoms with Crippen molar-refractivity contribution in [2.24, 2.45) is 11.8 Å². The Morgan fingerprint density at radius 1 is 0.971 bits per heavy atom. The van der Waals surface area contributed by atoms with Gasteiger partial charge in [-0.2, -0.15) is 0 Å². The summed E-state index contributed by atoms with van der Waals surface area (Å²) in [4.78, 5) is 11.3. The standard InChI is InChI=1S/C30H35BrO3Si/c1-30(2,3)35(21-13-6-4-7-14-21,22-15-8-5-9-16-22)34-29-26(31)25(19-12-20-32)27-23-17-10-11-18-24(23)28(29)33-27/h4-11,13-16,20,23-24,27-29H,12,17-19H2,1-3H3/t23-,24+,27-,28+,29-/m1/s1. The summed E-state index contributed by atoms with van der Waals surface area (Å²) < 4.78 is 15.5. The van der Waals surface area contributed by atoms with Crippen LogP contribution in [0.3, 0.4) is 0 Å². The minimum atomic E-state index is -2.77. The van der Waals surface area contributed by atoms with Gasteiger partial charge in [0, 0.05) is 10.9 Å². The highest BCUT2D eigenvalue weighted by atomic mass is 79.9. The first-order valence-corrected chi connectivity index (χ1v) is 15.5. The second-order valence-electron chi connectivity index (χ2n) is 11.1. The molecule has 0 saturated carbocycles. The molecule has 3 aliphatic rings. The first kappa shape index (κ1) is 24.9. The molecule has 5 rings (SSSR count). The van der Waals surface area contributed by atoms with Crippen LogP contribution in [0.4, 0.5) is 0 Å². The van der Waals surface area contributed by atoms with Crippen molar-refractivity contribution in [3.8, 4) is 0 Å². The van der Waals surface area contributed by atoms with Gasteiger partial charge in [0.25, 0.3) is 8.32 Å². The molecule has 3 nitrogen and oxygen atoms in total. The van der Waals surface area contributed by atoms with Crippen LogP contribution in [0.2, 0.25) is 5.04 Å². The van der Waals surface area contributed by atoms with Gasteiger partial charge in [-0.3, -0.25) is 0 Å². The van der Waals surface area contributed by atoms with E-state index in [1.165, 1.54) is 15.9 Å². The lowest BCUT2D eigenvalue weighted by molar-refractivity contribution is -0.107. The fourth-order valence-corrected chi connectivity index (χ4v) is 12.1. The average molecular weight is 552 g/mol. The van der Waals surface area contributed by atoms with Crippen LogP contribution in [0, 0.1) is 11.8 Å². The third kappa shape index (κ3) is 4.24. The highest BCUT2D eigenvalue weighted by Gasteiger charge is 2.58. The predicted molar refractivity (Wildman–Crippen MR) is 148 cm³/mol. The van der Waals surface area contributed by atoms with Crippen molar-refractivity contribution >= 4 is 40.9 Å². The minimum Gasteiger partial charge on any atom is -0.397 e. The zero-order valence-corrected chi connectivity index (χ0v) is 23.4. The van der Waals surface area contributed by atoms with E-state index in [2.05, 4.69) is 110 Å². The van der Waals surface area contributed by atoms with Crippen LogP contribution < -0.4 is 10.4 Å². The molecule has 0 radical (unpaired) electrons. The summed E-state index contributed by atoms with van der Waals surface area (Å²) in [5, 5.41) is 2.43. The number of benzene rings is 2. The van der Waals surface area contributed by atoms with Crippen LogP contribution in [-0.2, 0) is 14.0 Å². The van der Waals surface area contributed by atoms with Crippen molar-refractivity contribution in [3.63, 3.8) is 0 Å². The second kappa shape index (κ2) is 9.93. The molecule has 5 heteroatoms. The van der Waals surface area contributed by atoms with Gasteiger partial charge >= 0.3 is 0 Å². The van der Waals surface area contributed by atoms with Crippen molar-refractivity contribution in [1.82, 2.24) is 0 Å². The van der Waals surface area contributed by atoms with Crippen molar-refractivity contribution in [2.75, 3.05) is 0 Å². The molecule has 184 valence electrons. The Morgan fingerprint density at radius 3 is 2.09 bits per heavy atom. The van der Waals surface area contributed by atoms with Crippen molar-refractivity contribution in [2.45, 2.75) is 69.8 Å². The second-order valence-corrected chi connectivity index (χ2v) is 16.2. The summed E-state index contributed by atoms with van der Waals surface area (Å²) in [6.45, 7) is 6.95. The first-order chi connectivity index (χ1) is 16.9. The molecule has 2 aromatic carbocycles. The lowest BCUT2D eigenvalue weighted by Gasteiger charge is -2.47. The van der Waals surface area contributed by atoms with Gasteiger partial charge in [-0.05, 0) is 52.1 Å². The quantitative estimate of drug-likeness (QED) is 0.243. The molecule has 1 saturated heterocycles. The Hall–Kier alpha value is -1.79. The molecule has 0 amide bonds. The molecule has 0 spiro atoms. The number of aldehydes is 1. The lowest BCUT2D eigenvalue weighted by Crippen LogP contribution is -2.68. The molecule has 0 aromatic heterocycles. The van der Waals surface area contributed by atoms with Crippen LogP contribution in [0.5, 0.6) is 0 Å². The normalized spacial score (nSPS) is 28.2. The number of halogens is 1. The number of hydrogen-bond acceptors (Lipinski definition) is 3. The zero-order chi connectivity index (χ0) is 24.6. The highest BCUT2D eigenvalue weighted by molar-refractivity contribution is 9.11. The molecule has 2 heterocycles. The van der Waals surface area contributed by atoms with Crippen LogP contribution in [0.1, 0.15) is 46.5 Å². The molecule has 2 aromatic rings. The van der Waals surface area contributed by atoms with Crippen molar-refractivity contribution in [3.05, 3.63) is 82.9 Å². The molecule has 2 bridgehead atoms. The van der Waals surface area contributed by atoms with E-state index < -0.39 is 8.32 Å². The number of rotatable bonds is 7. The molecule has 0 N–H and O–H groups in total. The van der Waals surface area contributed by atoms with E-state index in [4.69, 9.17) is 9.16 Å². The Balaban J connectivity index is 1.67. The number of carbonyl (C=O) groups is 1.